The van der Waals surface area contributed by atoms with Gasteiger partial charge >= 0.3 is 0 Å². The average molecular weight is 433 g/mol. The lowest BCUT2D eigenvalue weighted by atomic mass is 9.63. The summed E-state index contributed by atoms with van der Waals surface area (Å²) in [6.45, 7) is -0.104. The summed E-state index contributed by atoms with van der Waals surface area (Å²) in [5.41, 5.74) is 0.958. The van der Waals surface area contributed by atoms with Crippen molar-refractivity contribution in [2.24, 2.45) is 35.5 Å². The van der Waals surface area contributed by atoms with Crippen molar-refractivity contribution in [3.05, 3.63) is 77.3 Å². The Labute approximate surface area is 185 Å². The third-order valence-corrected chi connectivity index (χ3v) is 7.78. The van der Waals surface area contributed by atoms with Gasteiger partial charge in [-0.1, -0.05) is 54.1 Å². The fourth-order valence-corrected chi connectivity index (χ4v) is 6.17. The number of allylic oxidation sites excluding steroid dienone is 2. The number of carbonyl (C=O) groups is 3. The number of para-hydroxylation sites is 1. The zero-order valence-corrected chi connectivity index (χ0v) is 17.5. The van der Waals surface area contributed by atoms with E-state index in [1.165, 1.54) is 9.80 Å². The standard InChI is InChI=1S/C25H21ClN2O3/c26-20-9-5-4-8-17(20)23(29)27(14-6-2-1-3-7-14)13-28-24(30)21-15-10-11-16(19-12-18(15)19)22(21)25(28)31/h1-11,15-16,18-19,21-22H,12-13H2/t15-,16-,18-,19-,21+,22+/m1/s1. The van der Waals surface area contributed by atoms with Crippen LogP contribution < -0.4 is 4.90 Å². The summed E-state index contributed by atoms with van der Waals surface area (Å²) in [4.78, 5) is 43.0. The summed E-state index contributed by atoms with van der Waals surface area (Å²) in [6, 6.07) is 15.9. The molecule has 2 aromatic carbocycles. The molecule has 0 radical (unpaired) electrons. The first-order valence-corrected chi connectivity index (χ1v) is 11.1. The molecule has 0 unspecified atom stereocenters. The quantitative estimate of drug-likeness (QED) is 0.542. The number of hydrogen-bond acceptors (Lipinski definition) is 3. The van der Waals surface area contributed by atoms with Gasteiger partial charge in [-0.15, -0.1) is 0 Å². The maximum absolute atomic E-state index is 13.5. The second kappa shape index (κ2) is 6.79. The van der Waals surface area contributed by atoms with Crippen LogP contribution in [-0.2, 0) is 9.59 Å². The smallest absolute Gasteiger partial charge is 0.261 e. The van der Waals surface area contributed by atoms with Crippen LogP contribution in [0, 0.1) is 35.5 Å². The SMILES string of the molecule is O=C1[C@H]2[C@@H]3C=C[C@H]([C@H]4C[C@H]34)[C@@H]2C(=O)N1CN(C(=O)c1ccccc1Cl)c1ccccc1. The van der Waals surface area contributed by atoms with Crippen molar-refractivity contribution < 1.29 is 14.4 Å². The molecule has 2 saturated carbocycles. The predicted molar refractivity (Wildman–Crippen MR) is 116 cm³/mol. The molecule has 3 fully saturated rings. The molecule has 0 spiro atoms. The Balaban J connectivity index is 1.35. The maximum atomic E-state index is 13.5. The molecule has 156 valence electrons. The van der Waals surface area contributed by atoms with Crippen LogP contribution in [-0.4, -0.2) is 29.3 Å². The van der Waals surface area contributed by atoms with E-state index >= 15 is 0 Å². The van der Waals surface area contributed by atoms with Gasteiger partial charge in [0.1, 0.15) is 6.67 Å². The number of rotatable bonds is 4. The van der Waals surface area contributed by atoms with Crippen molar-refractivity contribution in [1.29, 1.82) is 0 Å². The number of hydrogen-bond donors (Lipinski definition) is 0. The van der Waals surface area contributed by atoms with E-state index < -0.39 is 0 Å². The van der Waals surface area contributed by atoms with Crippen LogP contribution in [0.15, 0.2) is 66.7 Å². The molecular weight excluding hydrogens is 412 g/mol. The van der Waals surface area contributed by atoms with E-state index in [1.54, 1.807) is 36.4 Å². The molecule has 7 rings (SSSR count). The van der Waals surface area contributed by atoms with Gasteiger partial charge in [0.2, 0.25) is 11.8 Å². The lowest BCUT2D eigenvalue weighted by molar-refractivity contribution is -0.140. The fraction of sp³-hybridized carbons (Fsp3) is 0.320. The lowest BCUT2D eigenvalue weighted by Crippen LogP contribution is -2.45. The van der Waals surface area contributed by atoms with Crippen LogP contribution >= 0.6 is 11.6 Å². The summed E-state index contributed by atoms with van der Waals surface area (Å²) in [7, 11) is 0. The Morgan fingerprint density at radius 3 is 2.10 bits per heavy atom. The van der Waals surface area contributed by atoms with Gasteiger partial charge in [0, 0.05) is 5.69 Å². The Bertz CT molecular complexity index is 1090. The molecule has 5 aliphatic rings. The molecule has 31 heavy (non-hydrogen) atoms. The molecule has 1 aliphatic heterocycles. The van der Waals surface area contributed by atoms with Gasteiger partial charge in [-0.25, -0.2) is 0 Å². The van der Waals surface area contributed by atoms with Gasteiger partial charge < -0.3 is 0 Å². The van der Waals surface area contributed by atoms with Crippen molar-refractivity contribution in [3.8, 4) is 0 Å². The van der Waals surface area contributed by atoms with Gasteiger partial charge in [-0.2, -0.15) is 0 Å². The minimum Gasteiger partial charge on any atom is -0.290 e. The molecule has 0 N–H and O–H groups in total. The van der Waals surface area contributed by atoms with Crippen molar-refractivity contribution in [2.75, 3.05) is 11.6 Å². The zero-order valence-electron chi connectivity index (χ0n) is 16.7. The molecule has 2 bridgehead atoms. The topological polar surface area (TPSA) is 57.7 Å². The minimum absolute atomic E-state index is 0.104. The highest BCUT2D eigenvalue weighted by Crippen LogP contribution is 2.65. The molecule has 0 aromatic heterocycles. The van der Waals surface area contributed by atoms with Gasteiger partial charge in [0.25, 0.3) is 5.91 Å². The van der Waals surface area contributed by atoms with E-state index in [1.807, 2.05) is 18.2 Å². The van der Waals surface area contributed by atoms with E-state index in [-0.39, 0.29) is 48.1 Å². The molecule has 4 aliphatic carbocycles. The molecule has 3 amide bonds. The van der Waals surface area contributed by atoms with E-state index in [0.717, 1.165) is 6.42 Å². The first-order chi connectivity index (χ1) is 15.1. The van der Waals surface area contributed by atoms with Gasteiger partial charge in [0.05, 0.1) is 22.4 Å². The Morgan fingerprint density at radius 2 is 1.48 bits per heavy atom. The number of nitrogens with zero attached hydrogens (tertiary/aromatic N) is 2. The zero-order chi connectivity index (χ0) is 21.3. The highest BCUT2D eigenvalue weighted by molar-refractivity contribution is 6.34. The largest absolute Gasteiger partial charge is 0.290 e. The fourth-order valence-electron chi connectivity index (χ4n) is 5.95. The van der Waals surface area contributed by atoms with E-state index in [2.05, 4.69) is 12.2 Å². The maximum Gasteiger partial charge on any atom is 0.261 e. The number of likely N-dealkylation sites (tertiary alicyclic amines) is 1. The summed E-state index contributed by atoms with van der Waals surface area (Å²) >= 11 is 6.29. The number of anilines is 1. The second-order valence-electron chi connectivity index (χ2n) is 8.95. The summed E-state index contributed by atoms with van der Waals surface area (Å²) in [5.74, 6) is 0.220. The van der Waals surface area contributed by atoms with Crippen molar-refractivity contribution in [1.82, 2.24) is 4.90 Å². The van der Waals surface area contributed by atoms with Crippen LogP contribution in [0.25, 0.3) is 0 Å². The highest BCUT2D eigenvalue weighted by atomic mass is 35.5. The summed E-state index contributed by atoms with van der Waals surface area (Å²) in [5, 5.41) is 0.337. The second-order valence-corrected chi connectivity index (χ2v) is 9.36. The Kier molecular flexibility index (Phi) is 4.12. The van der Waals surface area contributed by atoms with Gasteiger partial charge in [0.15, 0.2) is 0 Å². The van der Waals surface area contributed by atoms with Crippen LogP contribution in [0.2, 0.25) is 5.02 Å². The normalized spacial score (nSPS) is 32.1. The summed E-state index contributed by atoms with van der Waals surface area (Å²) in [6.07, 6.45) is 5.42. The van der Waals surface area contributed by atoms with Crippen molar-refractivity contribution >= 4 is 35.0 Å². The van der Waals surface area contributed by atoms with Crippen molar-refractivity contribution in [3.63, 3.8) is 0 Å². The highest BCUT2D eigenvalue weighted by Gasteiger charge is 2.67. The number of carbonyl (C=O) groups excluding carboxylic acids is 3. The van der Waals surface area contributed by atoms with Crippen LogP contribution in [0.3, 0.4) is 0 Å². The lowest BCUT2D eigenvalue weighted by Gasteiger charge is -2.37. The third kappa shape index (κ3) is 2.72. The number of halogens is 1. The average Bonchev–Trinajstić information content (AvgIpc) is 3.58. The van der Waals surface area contributed by atoms with E-state index in [4.69, 9.17) is 11.6 Å². The van der Waals surface area contributed by atoms with E-state index in [9.17, 15) is 14.4 Å². The predicted octanol–water partition coefficient (Wildman–Crippen LogP) is 4.00. The van der Waals surface area contributed by atoms with Crippen molar-refractivity contribution in [2.45, 2.75) is 6.42 Å². The monoisotopic (exact) mass is 432 g/mol. The summed E-state index contributed by atoms with van der Waals surface area (Å²) < 4.78 is 0. The number of imide groups is 1. The molecule has 6 atom stereocenters. The number of benzene rings is 2. The molecule has 1 saturated heterocycles. The molecule has 1 heterocycles. The Morgan fingerprint density at radius 1 is 0.903 bits per heavy atom. The van der Waals surface area contributed by atoms with E-state index in [0.29, 0.717) is 28.1 Å². The van der Waals surface area contributed by atoms with Crippen LogP contribution in [0.1, 0.15) is 16.8 Å². The molecule has 6 heteroatoms. The minimum atomic E-state index is -0.337. The first kappa shape index (κ1) is 18.8. The Hall–Kier alpha value is -2.92. The first-order valence-electron chi connectivity index (χ1n) is 10.7. The molecule has 2 aromatic rings. The van der Waals surface area contributed by atoms with Gasteiger partial charge in [-0.05, 0) is 54.4 Å². The third-order valence-electron chi connectivity index (χ3n) is 7.45. The van der Waals surface area contributed by atoms with Crippen LogP contribution in [0.5, 0.6) is 0 Å². The molecular formula is C25H21ClN2O3. The van der Waals surface area contributed by atoms with Crippen LogP contribution in [0.4, 0.5) is 5.69 Å². The van der Waals surface area contributed by atoms with Gasteiger partial charge in [-0.3, -0.25) is 24.2 Å². The molecule has 5 nitrogen and oxygen atoms in total. The number of amides is 3.